The molecule has 3 aromatic rings. The van der Waals surface area contributed by atoms with Crippen LogP contribution in [-0.4, -0.2) is 55.5 Å². The van der Waals surface area contributed by atoms with E-state index in [1.54, 1.807) is 41.8 Å². The maximum Gasteiger partial charge on any atom is 0.242 e. The molecule has 0 spiro atoms. The van der Waals surface area contributed by atoms with Crippen molar-refractivity contribution >= 4 is 34.5 Å². The monoisotopic (exact) mass is 528 g/mol. The van der Waals surface area contributed by atoms with E-state index >= 15 is 0 Å². The third-order valence-corrected chi connectivity index (χ3v) is 7.84. The molecule has 0 unspecified atom stereocenters. The number of hydrogen-bond donors (Lipinski definition) is 0. The number of ether oxygens (including phenoxy) is 2. The predicted octanol–water partition coefficient (Wildman–Crippen LogP) is 5.58. The number of carbonyl (C=O) groups is 2. The van der Waals surface area contributed by atoms with E-state index in [9.17, 15) is 9.59 Å². The van der Waals surface area contributed by atoms with Gasteiger partial charge in [0.05, 0.1) is 33.7 Å². The fourth-order valence-electron chi connectivity index (χ4n) is 3.93. The lowest BCUT2D eigenvalue weighted by atomic mass is 10.1. The minimum absolute atomic E-state index is 0.00561. The molecule has 0 aliphatic carbocycles. The summed E-state index contributed by atoms with van der Waals surface area (Å²) in [6, 6.07) is 13.9. The average molecular weight is 529 g/mol. The first-order valence-corrected chi connectivity index (χ1v) is 14.0. The van der Waals surface area contributed by atoms with Gasteiger partial charge >= 0.3 is 0 Å². The smallest absolute Gasteiger partial charge is 0.242 e. The Balaban J connectivity index is 1.74. The molecule has 0 bridgehead atoms. The highest BCUT2D eigenvalue weighted by Gasteiger charge is 2.22. The summed E-state index contributed by atoms with van der Waals surface area (Å²) in [5, 5.41) is 1.98. The SMILES string of the molecule is CCCCN(CC(=O)N(CCc1ccc(OC)c(OC)c1)Cc1ccc(C)s1)C(=O)Cc1cccs1. The number of amides is 2. The molecule has 0 aliphatic rings. The van der Waals surface area contributed by atoms with E-state index in [0.29, 0.717) is 44.0 Å². The van der Waals surface area contributed by atoms with Gasteiger partial charge in [-0.25, -0.2) is 0 Å². The van der Waals surface area contributed by atoms with Crippen molar-refractivity contribution in [2.24, 2.45) is 0 Å². The Labute approximate surface area is 222 Å². The van der Waals surface area contributed by atoms with Crippen LogP contribution in [0.5, 0.6) is 11.5 Å². The second-order valence-electron chi connectivity index (χ2n) is 8.69. The summed E-state index contributed by atoms with van der Waals surface area (Å²) in [6.45, 7) is 5.93. The molecule has 2 aromatic heterocycles. The average Bonchev–Trinajstić information content (AvgIpc) is 3.55. The first kappa shape index (κ1) is 27.7. The Morgan fingerprint density at radius 3 is 2.36 bits per heavy atom. The van der Waals surface area contributed by atoms with Crippen LogP contribution in [0.15, 0.2) is 47.8 Å². The molecule has 0 aliphatic heterocycles. The highest BCUT2D eigenvalue weighted by Crippen LogP contribution is 2.28. The van der Waals surface area contributed by atoms with E-state index in [1.807, 2.05) is 40.6 Å². The molecule has 3 rings (SSSR count). The van der Waals surface area contributed by atoms with Crippen LogP contribution in [0.25, 0.3) is 0 Å². The Hall–Kier alpha value is -2.84. The van der Waals surface area contributed by atoms with Crippen LogP contribution in [0.2, 0.25) is 0 Å². The predicted molar refractivity (Wildman–Crippen MR) is 147 cm³/mol. The van der Waals surface area contributed by atoms with E-state index in [-0.39, 0.29) is 18.4 Å². The van der Waals surface area contributed by atoms with Crippen LogP contribution >= 0.6 is 22.7 Å². The van der Waals surface area contributed by atoms with Gasteiger partial charge in [0, 0.05) is 27.7 Å². The maximum absolute atomic E-state index is 13.6. The van der Waals surface area contributed by atoms with Crippen LogP contribution in [0.3, 0.4) is 0 Å². The third kappa shape index (κ3) is 8.10. The summed E-state index contributed by atoms with van der Waals surface area (Å²) < 4.78 is 10.8. The van der Waals surface area contributed by atoms with Crippen molar-refractivity contribution in [3.8, 4) is 11.5 Å². The maximum atomic E-state index is 13.6. The second kappa shape index (κ2) is 14.0. The number of benzene rings is 1. The van der Waals surface area contributed by atoms with Crippen LogP contribution in [0.1, 0.15) is 40.0 Å². The summed E-state index contributed by atoms with van der Waals surface area (Å²) in [4.78, 5) is 33.6. The van der Waals surface area contributed by atoms with E-state index in [1.165, 1.54) is 4.88 Å². The highest BCUT2D eigenvalue weighted by molar-refractivity contribution is 7.11. The molecule has 2 amide bonds. The van der Waals surface area contributed by atoms with Crippen LogP contribution in [0, 0.1) is 6.92 Å². The number of thiophene rings is 2. The fraction of sp³-hybridized carbons (Fsp3) is 0.429. The number of methoxy groups -OCH3 is 2. The van der Waals surface area contributed by atoms with Gasteiger partial charge in [0.25, 0.3) is 0 Å². The molecular weight excluding hydrogens is 492 g/mol. The number of unbranched alkanes of at least 4 members (excludes halogenated alkanes) is 1. The van der Waals surface area contributed by atoms with Crippen molar-refractivity contribution in [1.82, 2.24) is 9.80 Å². The van der Waals surface area contributed by atoms with Crippen LogP contribution in [-0.2, 0) is 29.0 Å². The van der Waals surface area contributed by atoms with Crippen LogP contribution in [0.4, 0.5) is 0 Å². The van der Waals surface area contributed by atoms with Gasteiger partial charge in [-0.3, -0.25) is 9.59 Å². The van der Waals surface area contributed by atoms with E-state index in [2.05, 4.69) is 26.0 Å². The number of hydrogen-bond acceptors (Lipinski definition) is 6. The second-order valence-corrected chi connectivity index (χ2v) is 11.1. The van der Waals surface area contributed by atoms with Crippen molar-refractivity contribution in [3.63, 3.8) is 0 Å². The molecule has 194 valence electrons. The molecule has 0 saturated carbocycles. The first-order chi connectivity index (χ1) is 17.4. The molecule has 0 radical (unpaired) electrons. The van der Waals surface area contributed by atoms with Crippen LogP contribution < -0.4 is 9.47 Å². The van der Waals surface area contributed by atoms with Crippen molar-refractivity contribution in [1.29, 1.82) is 0 Å². The quantitative estimate of drug-likeness (QED) is 0.274. The number of aryl methyl sites for hydroxylation is 1. The Morgan fingerprint density at radius 1 is 0.917 bits per heavy atom. The van der Waals surface area contributed by atoms with E-state index in [0.717, 1.165) is 28.2 Å². The lowest BCUT2D eigenvalue weighted by Crippen LogP contribution is -2.44. The molecule has 8 heteroatoms. The number of nitrogens with zero attached hydrogens (tertiary/aromatic N) is 2. The van der Waals surface area contributed by atoms with Gasteiger partial charge in [0.2, 0.25) is 11.8 Å². The molecule has 2 heterocycles. The zero-order valence-corrected chi connectivity index (χ0v) is 23.3. The van der Waals surface area contributed by atoms with Gasteiger partial charge < -0.3 is 19.3 Å². The van der Waals surface area contributed by atoms with Gasteiger partial charge in [-0.05, 0) is 61.0 Å². The first-order valence-electron chi connectivity index (χ1n) is 12.3. The third-order valence-electron chi connectivity index (χ3n) is 5.98. The van der Waals surface area contributed by atoms with Gasteiger partial charge in [0.1, 0.15) is 0 Å². The molecule has 0 atom stereocenters. The number of carbonyl (C=O) groups excluding carboxylic acids is 2. The highest BCUT2D eigenvalue weighted by atomic mass is 32.1. The van der Waals surface area contributed by atoms with Crippen molar-refractivity contribution in [2.75, 3.05) is 33.9 Å². The zero-order valence-electron chi connectivity index (χ0n) is 21.6. The molecule has 6 nitrogen and oxygen atoms in total. The number of rotatable bonds is 14. The van der Waals surface area contributed by atoms with Gasteiger partial charge in [-0.15, -0.1) is 22.7 Å². The summed E-state index contributed by atoms with van der Waals surface area (Å²) in [5.74, 6) is 1.33. The topological polar surface area (TPSA) is 59.1 Å². The lowest BCUT2D eigenvalue weighted by molar-refractivity contribution is -0.140. The molecule has 0 fully saturated rings. The summed E-state index contributed by atoms with van der Waals surface area (Å²) in [5.41, 5.74) is 1.06. The van der Waals surface area contributed by atoms with Crippen molar-refractivity contribution in [2.45, 2.75) is 46.1 Å². The standard InChI is InChI=1S/C28H36N2O4S2/c1-5-6-14-29(27(31)18-23-8-7-16-35-23)20-28(32)30(19-24-11-9-21(2)36-24)15-13-22-10-12-25(33-3)26(17-22)34-4/h7-12,16-17H,5-6,13-15,18-20H2,1-4H3. The van der Waals surface area contributed by atoms with Gasteiger partial charge in [-0.1, -0.05) is 25.5 Å². The largest absolute Gasteiger partial charge is 0.493 e. The lowest BCUT2D eigenvalue weighted by Gasteiger charge is -2.28. The molecule has 36 heavy (non-hydrogen) atoms. The summed E-state index contributed by atoms with van der Waals surface area (Å²) >= 11 is 3.27. The molecule has 0 N–H and O–H groups in total. The summed E-state index contributed by atoms with van der Waals surface area (Å²) in [6.07, 6.45) is 2.85. The van der Waals surface area contributed by atoms with Gasteiger partial charge in [0.15, 0.2) is 11.5 Å². The molecule has 0 saturated heterocycles. The van der Waals surface area contributed by atoms with E-state index < -0.39 is 0 Å². The Morgan fingerprint density at radius 2 is 1.72 bits per heavy atom. The van der Waals surface area contributed by atoms with Crippen molar-refractivity contribution in [3.05, 3.63) is 68.0 Å². The fourth-order valence-corrected chi connectivity index (χ4v) is 5.53. The van der Waals surface area contributed by atoms with E-state index in [4.69, 9.17) is 9.47 Å². The Kier molecular flexibility index (Phi) is 10.8. The Bertz CT molecular complexity index is 1110. The molecular formula is C28H36N2O4S2. The minimum Gasteiger partial charge on any atom is -0.493 e. The summed E-state index contributed by atoms with van der Waals surface area (Å²) in [7, 11) is 3.24. The zero-order chi connectivity index (χ0) is 25.9. The minimum atomic E-state index is -0.0304. The van der Waals surface area contributed by atoms with Gasteiger partial charge in [-0.2, -0.15) is 0 Å². The molecule has 1 aromatic carbocycles. The normalized spacial score (nSPS) is 10.8. The van der Waals surface area contributed by atoms with Crippen molar-refractivity contribution < 1.29 is 19.1 Å².